The first-order chi connectivity index (χ1) is 13.5. The topological polar surface area (TPSA) is 90.5 Å². The molecular formula is C20H30N4O3S. The summed E-state index contributed by atoms with van der Waals surface area (Å²) in [4.78, 5) is 13.8. The predicted molar refractivity (Wildman–Crippen MR) is 114 cm³/mol. The number of hydrogen-bond donors (Lipinski definition) is 3. The lowest BCUT2D eigenvalue weighted by atomic mass is 10.2. The number of amides is 1. The molecule has 0 saturated heterocycles. The molecule has 0 fully saturated rings. The van der Waals surface area contributed by atoms with Gasteiger partial charge in [0.05, 0.1) is 12.7 Å². The van der Waals surface area contributed by atoms with Crippen molar-refractivity contribution in [2.24, 2.45) is 0 Å². The Morgan fingerprint density at radius 2 is 2.11 bits per heavy atom. The summed E-state index contributed by atoms with van der Waals surface area (Å²) in [5.74, 6) is 0.447. The number of nitrogens with one attached hydrogen (secondary N) is 2. The highest BCUT2D eigenvalue weighted by Gasteiger charge is 2.16. The number of aliphatic hydroxyl groups is 1. The van der Waals surface area contributed by atoms with Gasteiger partial charge in [0.1, 0.15) is 4.64 Å². The number of rotatable bonds is 12. The van der Waals surface area contributed by atoms with Crippen LogP contribution in [0.3, 0.4) is 0 Å². The van der Waals surface area contributed by atoms with E-state index in [1.165, 1.54) is 6.92 Å². The SMILES string of the molecule is CCCCCOCC(O)CNCCN(C(C)=O)c1n[nH]c(=S)c2ccccc12. The van der Waals surface area contributed by atoms with E-state index in [-0.39, 0.29) is 5.91 Å². The number of carbonyl (C=O) groups excluding carboxylic acids is 1. The van der Waals surface area contributed by atoms with Gasteiger partial charge in [0, 0.05) is 43.9 Å². The molecule has 7 nitrogen and oxygen atoms in total. The number of fused-ring (bicyclic) bond motifs is 1. The maximum Gasteiger partial charge on any atom is 0.225 e. The molecule has 0 spiro atoms. The Kier molecular flexibility index (Phi) is 9.49. The van der Waals surface area contributed by atoms with Gasteiger partial charge in [-0.05, 0) is 6.42 Å². The number of benzene rings is 1. The van der Waals surface area contributed by atoms with Crippen molar-refractivity contribution >= 4 is 34.7 Å². The molecule has 0 aliphatic heterocycles. The van der Waals surface area contributed by atoms with Crippen molar-refractivity contribution < 1.29 is 14.6 Å². The molecule has 154 valence electrons. The average Bonchev–Trinajstić information content (AvgIpc) is 2.69. The Morgan fingerprint density at radius 3 is 2.82 bits per heavy atom. The maximum absolute atomic E-state index is 12.2. The van der Waals surface area contributed by atoms with E-state index in [0.29, 0.717) is 43.3 Å². The summed E-state index contributed by atoms with van der Waals surface area (Å²) < 4.78 is 6.01. The highest BCUT2D eigenvalue weighted by atomic mass is 32.1. The van der Waals surface area contributed by atoms with Gasteiger partial charge < -0.3 is 15.2 Å². The summed E-state index contributed by atoms with van der Waals surface area (Å²) >= 11 is 5.29. The molecule has 8 heteroatoms. The number of anilines is 1. The van der Waals surface area contributed by atoms with Crippen molar-refractivity contribution in [1.29, 1.82) is 0 Å². The first-order valence-electron chi connectivity index (χ1n) is 9.76. The molecule has 28 heavy (non-hydrogen) atoms. The lowest BCUT2D eigenvalue weighted by Gasteiger charge is -2.22. The number of nitrogens with zero attached hydrogens (tertiary/aromatic N) is 2. The normalized spacial score (nSPS) is 12.2. The van der Waals surface area contributed by atoms with Crippen LogP contribution in [0.25, 0.3) is 10.8 Å². The fourth-order valence-electron chi connectivity index (χ4n) is 2.91. The molecule has 0 aliphatic rings. The third-order valence-corrected chi connectivity index (χ3v) is 4.72. The first kappa shape index (κ1) is 22.4. The van der Waals surface area contributed by atoms with Gasteiger partial charge in [-0.15, -0.1) is 0 Å². The van der Waals surface area contributed by atoms with Gasteiger partial charge in [0.25, 0.3) is 0 Å². The summed E-state index contributed by atoms with van der Waals surface area (Å²) in [5, 5.41) is 21.9. The summed E-state index contributed by atoms with van der Waals surface area (Å²) in [6.07, 6.45) is 2.74. The lowest BCUT2D eigenvalue weighted by Crippen LogP contribution is -2.39. The largest absolute Gasteiger partial charge is 0.389 e. The summed E-state index contributed by atoms with van der Waals surface area (Å²) in [7, 11) is 0. The average molecular weight is 407 g/mol. The van der Waals surface area contributed by atoms with Gasteiger partial charge in [0.2, 0.25) is 5.91 Å². The minimum absolute atomic E-state index is 0.107. The number of aromatic amines is 1. The van der Waals surface area contributed by atoms with Crippen molar-refractivity contribution in [3.8, 4) is 0 Å². The van der Waals surface area contributed by atoms with Crippen LogP contribution in [-0.2, 0) is 9.53 Å². The Bertz CT molecular complexity index is 811. The molecule has 1 aromatic carbocycles. The zero-order valence-corrected chi connectivity index (χ0v) is 17.4. The standard InChI is InChI=1S/C20H30N4O3S/c1-3-4-7-12-27-14-16(26)13-21-10-11-24(15(2)25)19-17-8-5-6-9-18(17)20(28)23-22-19/h5-6,8-9,16,21,26H,3-4,7,10-14H2,1-2H3,(H,23,28). The van der Waals surface area contributed by atoms with E-state index in [2.05, 4.69) is 22.4 Å². The van der Waals surface area contributed by atoms with Crippen LogP contribution in [-0.4, -0.2) is 60.2 Å². The smallest absolute Gasteiger partial charge is 0.225 e. The number of aliphatic hydroxyl groups excluding tert-OH is 1. The number of hydrogen-bond acceptors (Lipinski definition) is 6. The molecule has 1 heterocycles. The highest BCUT2D eigenvalue weighted by molar-refractivity contribution is 7.71. The summed E-state index contributed by atoms with van der Waals surface area (Å²) in [6, 6.07) is 7.62. The molecule has 0 saturated carbocycles. The van der Waals surface area contributed by atoms with Crippen LogP contribution in [0, 0.1) is 4.64 Å². The second-order valence-corrected chi connectivity index (χ2v) is 7.14. The molecule has 3 N–H and O–H groups in total. The van der Waals surface area contributed by atoms with E-state index < -0.39 is 6.10 Å². The first-order valence-corrected chi connectivity index (χ1v) is 10.2. The van der Waals surface area contributed by atoms with E-state index in [4.69, 9.17) is 17.0 Å². The highest BCUT2D eigenvalue weighted by Crippen LogP contribution is 2.24. The van der Waals surface area contributed by atoms with E-state index in [9.17, 15) is 9.90 Å². The van der Waals surface area contributed by atoms with Crippen molar-refractivity contribution in [3.63, 3.8) is 0 Å². The van der Waals surface area contributed by atoms with Crippen LogP contribution in [0.5, 0.6) is 0 Å². The van der Waals surface area contributed by atoms with Crippen molar-refractivity contribution in [1.82, 2.24) is 15.5 Å². The molecule has 2 aromatic rings. The Hall–Kier alpha value is -1.87. The molecule has 1 aromatic heterocycles. The van der Waals surface area contributed by atoms with E-state index in [1.807, 2.05) is 24.3 Å². The Morgan fingerprint density at radius 1 is 1.36 bits per heavy atom. The lowest BCUT2D eigenvalue weighted by molar-refractivity contribution is -0.116. The van der Waals surface area contributed by atoms with Crippen LogP contribution >= 0.6 is 12.2 Å². The van der Waals surface area contributed by atoms with Gasteiger partial charge in [-0.1, -0.05) is 56.2 Å². The summed E-state index contributed by atoms with van der Waals surface area (Å²) in [6.45, 7) is 6.01. The molecule has 2 rings (SSSR count). The monoisotopic (exact) mass is 406 g/mol. The molecule has 1 atom stereocenters. The van der Waals surface area contributed by atoms with Crippen LogP contribution in [0.1, 0.15) is 33.1 Å². The molecule has 0 aliphatic carbocycles. The summed E-state index contributed by atoms with van der Waals surface area (Å²) in [5.41, 5.74) is 0. The number of ether oxygens (including phenoxy) is 1. The Labute approximate surface area is 171 Å². The van der Waals surface area contributed by atoms with E-state index >= 15 is 0 Å². The minimum Gasteiger partial charge on any atom is -0.389 e. The van der Waals surface area contributed by atoms with E-state index in [0.717, 1.165) is 30.0 Å². The van der Waals surface area contributed by atoms with Crippen molar-refractivity contribution in [2.45, 2.75) is 39.2 Å². The minimum atomic E-state index is -0.570. The molecule has 1 amide bonds. The zero-order valence-electron chi connectivity index (χ0n) is 16.6. The molecule has 0 bridgehead atoms. The van der Waals surface area contributed by atoms with Gasteiger partial charge in [-0.2, -0.15) is 5.10 Å². The Balaban J connectivity index is 1.87. The van der Waals surface area contributed by atoms with Gasteiger partial charge in [-0.3, -0.25) is 14.8 Å². The number of unbranched alkanes of at least 4 members (excludes halogenated alkanes) is 2. The number of aromatic nitrogens is 2. The number of carbonyl (C=O) groups is 1. The molecular weight excluding hydrogens is 376 g/mol. The molecule has 1 unspecified atom stereocenters. The van der Waals surface area contributed by atoms with Crippen LogP contribution < -0.4 is 10.2 Å². The van der Waals surface area contributed by atoms with Crippen LogP contribution in [0.2, 0.25) is 0 Å². The fourth-order valence-corrected chi connectivity index (χ4v) is 3.13. The number of H-pyrrole nitrogens is 1. The van der Waals surface area contributed by atoms with Gasteiger partial charge in [-0.25, -0.2) is 0 Å². The van der Waals surface area contributed by atoms with Crippen LogP contribution in [0.4, 0.5) is 5.82 Å². The quantitative estimate of drug-likeness (QED) is 0.371. The maximum atomic E-state index is 12.2. The fraction of sp³-hybridized carbons (Fsp3) is 0.550. The van der Waals surface area contributed by atoms with Gasteiger partial charge >= 0.3 is 0 Å². The van der Waals surface area contributed by atoms with Crippen LogP contribution in [0.15, 0.2) is 24.3 Å². The second kappa shape index (κ2) is 11.9. The van der Waals surface area contributed by atoms with Gasteiger partial charge in [0.15, 0.2) is 5.82 Å². The van der Waals surface area contributed by atoms with Crippen molar-refractivity contribution in [2.75, 3.05) is 37.7 Å². The van der Waals surface area contributed by atoms with E-state index in [1.54, 1.807) is 4.90 Å². The second-order valence-electron chi connectivity index (χ2n) is 6.73. The third kappa shape index (κ3) is 6.63. The zero-order chi connectivity index (χ0) is 20.4. The third-order valence-electron chi connectivity index (χ3n) is 4.41. The molecule has 0 radical (unpaired) electrons. The predicted octanol–water partition coefficient (Wildman–Crippen LogP) is 2.80. The van der Waals surface area contributed by atoms with Crippen molar-refractivity contribution in [3.05, 3.63) is 28.9 Å².